The number of aromatic nitrogens is 4. The van der Waals surface area contributed by atoms with Gasteiger partial charge in [0, 0.05) is 48.2 Å². The van der Waals surface area contributed by atoms with E-state index in [1.807, 2.05) is 35.5 Å². The number of anilines is 1. The van der Waals surface area contributed by atoms with Gasteiger partial charge in [0.15, 0.2) is 5.65 Å². The molecule has 0 radical (unpaired) electrons. The lowest BCUT2D eigenvalue weighted by Crippen LogP contribution is -2.41. The van der Waals surface area contributed by atoms with E-state index in [0.29, 0.717) is 18.9 Å². The third-order valence-electron chi connectivity index (χ3n) is 6.12. The van der Waals surface area contributed by atoms with Crippen LogP contribution in [0.2, 0.25) is 0 Å². The van der Waals surface area contributed by atoms with Crippen molar-refractivity contribution in [2.75, 3.05) is 25.4 Å². The molecule has 1 saturated heterocycles. The van der Waals surface area contributed by atoms with Crippen molar-refractivity contribution in [2.45, 2.75) is 18.8 Å². The Kier molecular flexibility index (Phi) is 5.44. The lowest BCUT2D eigenvalue weighted by molar-refractivity contribution is -0.130. The van der Waals surface area contributed by atoms with Gasteiger partial charge < -0.3 is 20.9 Å². The number of fused-ring (bicyclic) bond motifs is 1. The summed E-state index contributed by atoms with van der Waals surface area (Å²) >= 11 is 3.64. The number of amides is 1. The quantitative estimate of drug-likeness (QED) is 0.453. The van der Waals surface area contributed by atoms with Crippen molar-refractivity contribution < 1.29 is 4.79 Å². The number of hydrogen-bond acceptors (Lipinski definition) is 5. The standard InChI is InChI=1S/C23H24BrN7O/c24-20-21(15-6-9-29(10-7-15)19(32)12-25)28-23-18(13-27-31(23)22(20)26)16-8-11-30(14-16)17-4-2-1-3-5-17/h1-5,8,11,13-15H,6-7,9-10,12,25-26H2. The number of carbonyl (C=O) groups is 1. The molecule has 1 aliphatic rings. The van der Waals surface area contributed by atoms with Crippen molar-refractivity contribution in [1.29, 1.82) is 0 Å². The Hall–Kier alpha value is -3.17. The molecule has 1 amide bonds. The van der Waals surface area contributed by atoms with Crippen LogP contribution in [0.4, 0.5) is 5.82 Å². The van der Waals surface area contributed by atoms with Crippen molar-refractivity contribution in [3.8, 4) is 16.8 Å². The van der Waals surface area contributed by atoms with E-state index in [4.69, 9.17) is 16.5 Å². The fraction of sp³-hybridized carbons (Fsp3) is 0.261. The molecule has 4 N–H and O–H groups in total. The molecule has 164 valence electrons. The summed E-state index contributed by atoms with van der Waals surface area (Å²) in [6.07, 6.45) is 7.55. The summed E-state index contributed by atoms with van der Waals surface area (Å²) in [5, 5.41) is 4.49. The van der Waals surface area contributed by atoms with Crippen molar-refractivity contribution >= 4 is 33.3 Å². The minimum Gasteiger partial charge on any atom is -0.383 e. The zero-order valence-corrected chi connectivity index (χ0v) is 19.1. The average Bonchev–Trinajstić information content (AvgIpc) is 3.49. The van der Waals surface area contributed by atoms with Gasteiger partial charge in [0.25, 0.3) is 0 Å². The lowest BCUT2D eigenvalue weighted by Gasteiger charge is -2.32. The second-order valence-corrected chi connectivity index (χ2v) is 8.79. The second kappa shape index (κ2) is 8.40. The van der Waals surface area contributed by atoms with E-state index in [2.05, 4.69) is 50.0 Å². The van der Waals surface area contributed by atoms with Crippen LogP contribution in [0.1, 0.15) is 24.5 Å². The zero-order chi connectivity index (χ0) is 22.2. The second-order valence-electron chi connectivity index (χ2n) is 7.99. The van der Waals surface area contributed by atoms with Gasteiger partial charge >= 0.3 is 0 Å². The Morgan fingerprint density at radius 3 is 2.62 bits per heavy atom. The molecule has 9 heteroatoms. The van der Waals surface area contributed by atoms with Crippen molar-refractivity contribution in [3.63, 3.8) is 0 Å². The third kappa shape index (κ3) is 3.57. The van der Waals surface area contributed by atoms with E-state index in [9.17, 15) is 4.79 Å². The predicted octanol–water partition coefficient (Wildman–Crippen LogP) is 3.20. The number of nitrogens with zero attached hydrogens (tertiary/aromatic N) is 5. The van der Waals surface area contributed by atoms with E-state index in [-0.39, 0.29) is 18.4 Å². The molecule has 4 heterocycles. The van der Waals surface area contributed by atoms with Gasteiger partial charge in [-0.05, 0) is 47.0 Å². The van der Waals surface area contributed by atoms with Crippen molar-refractivity contribution in [3.05, 3.63) is 65.2 Å². The molecule has 1 aliphatic heterocycles. The number of para-hydroxylation sites is 1. The van der Waals surface area contributed by atoms with Gasteiger partial charge in [0.2, 0.25) is 5.91 Å². The maximum absolute atomic E-state index is 11.9. The summed E-state index contributed by atoms with van der Waals surface area (Å²) in [4.78, 5) is 18.7. The monoisotopic (exact) mass is 493 g/mol. The van der Waals surface area contributed by atoms with Crippen LogP contribution in [0, 0.1) is 0 Å². The highest BCUT2D eigenvalue weighted by Gasteiger charge is 2.27. The van der Waals surface area contributed by atoms with Gasteiger partial charge in [-0.2, -0.15) is 9.61 Å². The topological polar surface area (TPSA) is 107 Å². The van der Waals surface area contributed by atoms with Crippen LogP contribution in [-0.2, 0) is 4.79 Å². The molecule has 4 aromatic rings. The van der Waals surface area contributed by atoms with E-state index >= 15 is 0 Å². The SMILES string of the molecule is NCC(=O)N1CCC(c2nc3c(-c4ccn(-c5ccccc5)c4)cnn3c(N)c2Br)CC1. The smallest absolute Gasteiger partial charge is 0.236 e. The Balaban J connectivity index is 1.50. The number of benzene rings is 1. The summed E-state index contributed by atoms with van der Waals surface area (Å²) in [6.45, 7) is 1.39. The highest BCUT2D eigenvalue weighted by Crippen LogP contribution is 2.37. The number of rotatable bonds is 4. The number of piperidine rings is 1. The molecule has 0 atom stereocenters. The minimum absolute atomic E-state index is 0.00792. The maximum atomic E-state index is 11.9. The van der Waals surface area contributed by atoms with Crippen LogP contribution < -0.4 is 11.5 Å². The van der Waals surface area contributed by atoms with Gasteiger partial charge in [0.05, 0.1) is 22.9 Å². The largest absolute Gasteiger partial charge is 0.383 e. The normalized spacial score (nSPS) is 14.9. The molecule has 5 rings (SSSR count). The molecular weight excluding hydrogens is 470 g/mol. The summed E-state index contributed by atoms with van der Waals surface area (Å²) < 4.78 is 4.52. The van der Waals surface area contributed by atoms with Crippen LogP contribution in [0.5, 0.6) is 0 Å². The van der Waals surface area contributed by atoms with E-state index in [0.717, 1.165) is 45.5 Å². The first kappa shape index (κ1) is 20.7. The van der Waals surface area contributed by atoms with Gasteiger partial charge in [-0.15, -0.1) is 0 Å². The van der Waals surface area contributed by atoms with E-state index in [1.165, 1.54) is 0 Å². The molecular formula is C23H24BrN7O. The number of carbonyl (C=O) groups excluding carboxylic acids is 1. The molecule has 0 unspecified atom stereocenters. The minimum atomic E-state index is -0.00792. The van der Waals surface area contributed by atoms with Crippen LogP contribution in [0.15, 0.2) is 59.5 Å². The van der Waals surface area contributed by atoms with Crippen molar-refractivity contribution in [2.24, 2.45) is 5.73 Å². The molecule has 0 bridgehead atoms. The van der Waals surface area contributed by atoms with Crippen molar-refractivity contribution in [1.82, 2.24) is 24.1 Å². The number of nitrogen functional groups attached to an aromatic ring is 1. The average molecular weight is 494 g/mol. The molecule has 0 saturated carbocycles. The molecule has 32 heavy (non-hydrogen) atoms. The van der Waals surface area contributed by atoms with Gasteiger partial charge in [-0.25, -0.2) is 4.98 Å². The summed E-state index contributed by atoms with van der Waals surface area (Å²) in [5.41, 5.74) is 16.6. The summed E-state index contributed by atoms with van der Waals surface area (Å²) in [5.74, 6) is 0.723. The third-order valence-corrected chi connectivity index (χ3v) is 6.93. The first-order valence-electron chi connectivity index (χ1n) is 10.6. The fourth-order valence-corrected chi connectivity index (χ4v) is 4.92. The summed E-state index contributed by atoms with van der Waals surface area (Å²) in [7, 11) is 0. The van der Waals surface area contributed by atoms with E-state index in [1.54, 1.807) is 4.52 Å². The van der Waals surface area contributed by atoms with Crippen LogP contribution in [-0.4, -0.2) is 49.6 Å². The Morgan fingerprint density at radius 1 is 1.16 bits per heavy atom. The van der Waals surface area contributed by atoms with Gasteiger partial charge in [-0.3, -0.25) is 4.79 Å². The predicted molar refractivity (Wildman–Crippen MR) is 127 cm³/mol. The van der Waals surface area contributed by atoms with Gasteiger partial charge in [0.1, 0.15) is 5.82 Å². The molecule has 0 spiro atoms. The zero-order valence-electron chi connectivity index (χ0n) is 17.5. The van der Waals surface area contributed by atoms with Gasteiger partial charge in [-0.1, -0.05) is 18.2 Å². The number of nitrogens with two attached hydrogens (primary N) is 2. The Labute approximate surface area is 194 Å². The highest BCUT2D eigenvalue weighted by atomic mass is 79.9. The molecule has 8 nitrogen and oxygen atoms in total. The van der Waals surface area contributed by atoms with Crippen LogP contribution in [0.3, 0.4) is 0 Å². The lowest BCUT2D eigenvalue weighted by atomic mass is 9.93. The van der Waals surface area contributed by atoms with Crippen LogP contribution >= 0.6 is 15.9 Å². The molecule has 1 aromatic carbocycles. The number of halogens is 1. The molecule has 1 fully saturated rings. The molecule has 0 aliphatic carbocycles. The number of hydrogen-bond donors (Lipinski definition) is 2. The fourth-order valence-electron chi connectivity index (χ4n) is 4.34. The Morgan fingerprint density at radius 2 is 1.91 bits per heavy atom. The number of likely N-dealkylation sites (tertiary alicyclic amines) is 1. The Bertz CT molecular complexity index is 1270. The highest BCUT2D eigenvalue weighted by molar-refractivity contribution is 9.10. The molecule has 3 aromatic heterocycles. The van der Waals surface area contributed by atoms with Crippen LogP contribution in [0.25, 0.3) is 22.5 Å². The first-order chi connectivity index (χ1) is 15.6. The van der Waals surface area contributed by atoms with E-state index < -0.39 is 0 Å². The summed E-state index contributed by atoms with van der Waals surface area (Å²) in [6, 6.07) is 12.2. The first-order valence-corrected chi connectivity index (χ1v) is 11.4. The maximum Gasteiger partial charge on any atom is 0.236 e.